The maximum absolute atomic E-state index is 11.7. The Morgan fingerprint density at radius 3 is 2.27 bits per heavy atom. The predicted octanol–water partition coefficient (Wildman–Crippen LogP) is 0.865. The Morgan fingerprint density at radius 1 is 1.05 bits per heavy atom. The van der Waals surface area contributed by atoms with Crippen LogP contribution in [0.15, 0.2) is 24.3 Å². The second-order valence-electron chi connectivity index (χ2n) is 5.18. The number of benzene rings is 1. The number of carbonyl (C=O) groups excluding carboxylic acids is 1. The topological polar surface area (TPSA) is 51.2 Å². The number of ether oxygens (including phenoxy) is 3. The van der Waals surface area contributed by atoms with E-state index in [1.807, 2.05) is 29.2 Å². The summed E-state index contributed by atoms with van der Waals surface area (Å²) in [6.07, 6.45) is 0. The first-order chi connectivity index (χ1) is 10.7. The molecule has 1 aromatic carbocycles. The Kier molecular flexibility index (Phi) is 6.48. The number of piperazine rings is 1. The molecule has 1 heterocycles. The van der Waals surface area contributed by atoms with Crippen LogP contribution in [-0.2, 0) is 9.53 Å². The first-order valence-electron chi connectivity index (χ1n) is 7.49. The van der Waals surface area contributed by atoms with Crippen LogP contribution in [0.1, 0.15) is 0 Å². The van der Waals surface area contributed by atoms with Crippen LogP contribution < -0.4 is 9.47 Å². The quantitative estimate of drug-likeness (QED) is 0.748. The molecular formula is C16H24N2O4. The van der Waals surface area contributed by atoms with Gasteiger partial charge in [0.2, 0.25) is 5.91 Å². The fourth-order valence-electron chi connectivity index (χ4n) is 2.40. The van der Waals surface area contributed by atoms with Crippen LogP contribution >= 0.6 is 0 Å². The number of nitrogens with zero attached hydrogens (tertiary/aromatic N) is 2. The summed E-state index contributed by atoms with van der Waals surface area (Å²) in [6.45, 7) is 4.93. The molecule has 0 spiro atoms. The van der Waals surface area contributed by atoms with Crippen molar-refractivity contribution >= 4 is 5.91 Å². The van der Waals surface area contributed by atoms with Crippen molar-refractivity contribution in [1.29, 1.82) is 0 Å². The van der Waals surface area contributed by atoms with E-state index in [2.05, 4.69) is 4.90 Å². The summed E-state index contributed by atoms with van der Waals surface area (Å²) in [4.78, 5) is 15.9. The van der Waals surface area contributed by atoms with Crippen LogP contribution in [0.25, 0.3) is 0 Å². The fraction of sp³-hybridized carbons (Fsp3) is 0.562. The molecule has 1 fully saturated rings. The van der Waals surface area contributed by atoms with Crippen molar-refractivity contribution < 1.29 is 19.0 Å². The Bertz CT molecular complexity index is 456. The van der Waals surface area contributed by atoms with Gasteiger partial charge in [0.05, 0.1) is 7.11 Å². The maximum atomic E-state index is 11.7. The van der Waals surface area contributed by atoms with Crippen molar-refractivity contribution in [2.75, 3.05) is 60.2 Å². The normalized spacial score (nSPS) is 15.6. The molecule has 0 N–H and O–H groups in total. The lowest BCUT2D eigenvalue weighted by Crippen LogP contribution is -2.50. The van der Waals surface area contributed by atoms with E-state index in [0.29, 0.717) is 6.61 Å². The van der Waals surface area contributed by atoms with E-state index in [-0.39, 0.29) is 12.5 Å². The number of rotatable bonds is 7. The van der Waals surface area contributed by atoms with E-state index in [1.54, 1.807) is 14.2 Å². The van der Waals surface area contributed by atoms with E-state index < -0.39 is 0 Å². The van der Waals surface area contributed by atoms with E-state index in [4.69, 9.17) is 14.2 Å². The molecule has 1 aliphatic heterocycles. The van der Waals surface area contributed by atoms with Crippen molar-refractivity contribution in [2.45, 2.75) is 0 Å². The third kappa shape index (κ3) is 4.89. The summed E-state index contributed by atoms with van der Waals surface area (Å²) in [6, 6.07) is 7.57. The maximum Gasteiger partial charge on any atom is 0.248 e. The van der Waals surface area contributed by atoms with Gasteiger partial charge in [0.25, 0.3) is 0 Å². The lowest BCUT2D eigenvalue weighted by Gasteiger charge is -2.34. The van der Waals surface area contributed by atoms with E-state index >= 15 is 0 Å². The lowest BCUT2D eigenvalue weighted by molar-refractivity contribution is -0.136. The number of amides is 1. The van der Waals surface area contributed by atoms with Crippen molar-refractivity contribution in [3.05, 3.63) is 24.3 Å². The van der Waals surface area contributed by atoms with Crippen molar-refractivity contribution in [2.24, 2.45) is 0 Å². The third-order valence-corrected chi connectivity index (χ3v) is 3.73. The monoisotopic (exact) mass is 308 g/mol. The molecule has 1 saturated heterocycles. The van der Waals surface area contributed by atoms with Crippen molar-refractivity contribution in [3.8, 4) is 11.5 Å². The second-order valence-corrected chi connectivity index (χ2v) is 5.18. The van der Waals surface area contributed by atoms with Gasteiger partial charge in [-0.05, 0) is 24.3 Å². The summed E-state index contributed by atoms with van der Waals surface area (Å²) in [5, 5.41) is 0. The molecule has 0 radical (unpaired) electrons. The molecule has 6 nitrogen and oxygen atoms in total. The molecule has 0 unspecified atom stereocenters. The molecule has 6 heteroatoms. The molecule has 0 aromatic heterocycles. The van der Waals surface area contributed by atoms with Crippen LogP contribution in [0, 0.1) is 0 Å². The van der Waals surface area contributed by atoms with Crippen molar-refractivity contribution in [1.82, 2.24) is 9.80 Å². The van der Waals surface area contributed by atoms with E-state index in [0.717, 1.165) is 44.2 Å². The van der Waals surface area contributed by atoms with E-state index in [9.17, 15) is 4.79 Å². The summed E-state index contributed by atoms with van der Waals surface area (Å²) < 4.78 is 15.7. The fourth-order valence-corrected chi connectivity index (χ4v) is 2.40. The smallest absolute Gasteiger partial charge is 0.248 e. The zero-order valence-corrected chi connectivity index (χ0v) is 13.3. The highest BCUT2D eigenvalue weighted by molar-refractivity contribution is 5.77. The van der Waals surface area contributed by atoms with E-state index in [1.165, 1.54) is 0 Å². The van der Waals surface area contributed by atoms with Crippen LogP contribution in [0.3, 0.4) is 0 Å². The molecule has 0 atom stereocenters. The SMILES string of the molecule is COCC(=O)N1CCN(CCOc2ccc(OC)cc2)CC1. The second kappa shape index (κ2) is 8.60. The zero-order valence-electron chi connectivity index (χ0n) is 13.3. The summed E-state index contributed by atoms with van der Waals surface area (Å²) >= 11 is 0. The van der Waals surface area contributed by atoms with Crippen LogP contribution in [-0.4, -0.2) is 75.9 Å². The van der Waals surface area contributed by atoms with Gasteiger partial charge in [-0.25, -0.2) is 0 Å². The molecule has 122 valence electrons. The molecule has 1 aliphatic rings. The highest BCUT2D eigenvalue weighted by atomic mass is 16.5. The lowest BCUT2D eigenvalue weighted by atomic mass is 10.3. The largest absolute Gasteiger partial charge is 0.497 e. The van der Waals surface area contributed by atoms with Gasteiger partial charge >= 0.3 is 0 Å². The molecule has 0 aliphatic carbocycles. The van der Waals surface area contributed by atoms with Gasteiger partial charge in [0, 0.05) is 39.8 Å². The minimum atomic E-state index is 0.0663. The van der Waals surface area contributed by atoms with Gasteiger partial charge in [-0.1, -0.05) is 0 Å². The molecule has 22 heavy (non-hydrogen) atoms. The highest BCUT2D eigenvalue weighted by Crippen LogP contribution is 2.16. The Labute approximate surface area is 131 Å². The molecule has 1 aromatic rings. The van der Waals surface area contributed by atoms with Crippen LogP contribution in [0.2, 0.25) is 0 Å². The van der Waals surface area contributed by atoms with Crippen LogP contribution in [0.4, 0.5) is 0 Å². The summed E-state index contributed by atoms with van der Waals surface area (Å²) in [5.74, 6) is 1.73. The number of hydrogen-bond donors (Lipinski definition) is 0. The summed E-state index contributed by atoms with van der Waals surface area (Å²) in [7, 11) is 3.19. The van der Waals surface area contributed by atoms with Gasteiger partial charge in [-0.3, -0.25) is 9.69 Å². The van der Waals surface area contributed by atoms with Crippen molar-refractivity contribution in [3.63, 3.8) is 0 Å². The first kappa shape index (κ1) is 16.6. The minimum Gasteiger partial charge on any atom is -0.497 e. The average molecular weight is 308 g/mol. The Hall–Kier alpha value is -1.79. The van der Waals surface area contributed by atoms with Gasteiger partial charge in [-0.2, -0.15) is 0 Å². The number of hydrogen-bond acceptors (Lipinski definition) is 5. The summed E-state index contributed by atoms with van der Waals surface area (Å²) in [5.41, 5.74) is 0. The van der Waals surface area contributed by atoms with Gasteiger partial charge in [0.1, 0.15) is 24.7 Å². The first-order valence-corrected chi connectivity index (χ1v) is 7.49. The Morgan fingerprint density at radius 2 is 1.68 bits per heavy atom. The van der Waals surface area contributed by atoms with Gasteiger partial charge < -0.3 is 19.1 Å². The number of carbonyl (C=O) groups is 1. The average Bonchev–Trinajstić information content (AvgIpc) is 2.56. The minimum absolute atomic E-state index is 0.0663. The standard InChI is InChI=1S/C16H24N2O4/c1-20-13-16(19)18-9-7-17(8-10-18)11-12-22-15-5-3-14(21-2)4-6-15/h3-6H,7-13H2,1-2H3. The Balaban J connectivity index is 1.65. The molecule has 1 amide bonds. The molecule has 2 rings (SSSR count). The third-order valence-electron chi connectivity index (χ3n) is 3.73. The molecule has 0 bridgehead atoms. The predicted molar refractivity (Wildman–Crippen MR) is 83.4 cm³/mol. The van der Waals surface area contributed by atoms with Gasteiger partial charge in [0.15, 0.2) is 0 Å². The van der Waals surface area contributed by atoms with Gasteiger partial charge in [-0.15, -0.1) is 0 Å². The molecular weight excluding hydrogens is 284 g/mol. The zero-order chi connectivity index (χ0) is 15.8. The molecule has 0 saturated carbocycles. The number of methoxy groups -OCH3 is 2. The highest BCUT2D eigenvalue weighted by Gasteiger charge is 2.20. The van der Waals surface area contributed by atoms with Crippen LogP contribution in [0.5, 0.6) is 11.5 Å².